The van der Waals surface area contributed by atoms with Crippen molar-refractivity contribution in [3.05, 3.63) is 0 Å². The van der Waals surface area contributed by atoms with Crippen LogP contribution in [-0.2, 0) is 0 Å². The fourth-order valence-electron chi connectivity index (χ4n) is 0.919. The minimum absolute atomic E-state index is 0.159. The lowest BCUT2D eigenvalue weighted by Gasteiger charge is -2.01. The van der Waals surface area contributed by atoms with Crippen molar-refractivity contribution in [2.45, 2.75) is 19.4 Å². The second-order valence-electron chi connectivity index (χ2n) is 2.27. The Balaban J connectivity index is 2.54. The fourth-order valence-corrected chi connectivity index (χ4v) is 0.919. The first-order valence-corrected chi connectivity index (χ1v) is 3.25. The molecule has 1 aliphatic heterocycles. The summed E-state index contributed by atoms with van der Waals surface area (Å²) in [5, 5.41) is 11.0. The molecule has 1 unspecified atom stereocenters. The molecule has 0 bridgehead atoms. The Labute approximate surface area is 59.4 Å². The van der Waals surface area contributed by atoms with Crippen molar-refractivity contribution >= 4 is 6.03 Å². The summed E-state index contributed by atoms with van der Waals surface area (Å²) in [4.78, 5) is 11.9. The van der Waals surface area contributed by atoms with E-state index in [1.807, 2.05) is 6.92 Å². The van der Waals surface area contributed by atoms with Crippen LogP contribution in [0.25, 0.3) is 0 Å². The summed E-state index contributed by atoms with van der Waals surface area (Å²) in [7, 11) is 0. The largest absolute Gasteiger partial charge is 0.333 e. The summed E-state index contributed by atoms with van der Waals surface area (Å²) in [5.41, 5.74) is 0. The van der Waals surface area contributed by atoms with Crippen LogP contribution >= 0.6 is 0 Å². The number of rotatable bonds is 1. The van der Waals surface area contributed by atoms with E-state index in [1.165, 1.54) is 0 Å². The van der Waals surface area contributed by atoms with Gasteiger partial charge in [0.05, 0.1) is 6.54 Å². The number of urea groups is 1. The first-order valence-electron chi connectivity index (χ1n) is 3.25. The number of carbonyl (C=O) groups excluding carboxylic acids is 1. The second kappa shape index (κ2) is 2.56. The maximum atomic E-state index is 10.8. The van der Waals surface area contributed by atoms with Crippen molar-refractivity contribution in [3.63, 3.8) is 0 Å². The number of nitrogens with one attached hydrogen (secondary N) is 1. The molecule has 1 heterocycles. The summed E-state index contributed by atoms with van der Waals surface area (Å²) >= 11 is 0. The van der Waals surface area contributed by atoms with Gasteiger partial charge < -0.3 is 5.32 Å². The van der Waals surface area contributed by atoms with Gasteiger partial charge in [-0.05, 0) is 6.42 Å². The van der Waals surface area contributed by atoms with Gasteiger partial charge in [0.25, 0.3) is 0 Å². The van der Waals surface area contributed by atoms with Gasteiger partial charge in [-0.25, -0.2) is 9.69 Å². The molecule has 0 aromatic heterocycles. The van der Waals surface area contributed by atoms with E-state index in [0.29, 0.717) is 6.54 Å². The quantitative estimate of drug-likeness (QED) is 0.530. The first kappa shape index (κ1) is 6.87. The molecule has 1 atom stereocenters. The maximum absolute atomic E-state index is 10.8. The SMILES string of the molecule is CCC1CN(C#N)C(=O)N1. The third-order valence-corrected chi connectivity index (χ3v) is 1.59. The minimum atomic E-state index is -0.269. The maximum Gasteiger partial charge on any atom is 0.330 e. The van der Waals surface area contributed by atoms with Crippen LogP contribution in [-0.4, -0.2) is 23.5 Å². The van der Waals surface area contributed by atoms with Crippen LogP contribution in [0.3, 0.4) is 0 Å². The highest BCUT2D eigenvalue weighted by Crippen LogP contribution is 2.04. The molecule has 0 aromatic carbocycles. The molecule has 54 valence electrons. The van der Waals surface area contributed by atoms with Crippen LogP contribution in [0.4, 0.5) is 4.79 Å². The predicted molar refractivity (Wildman–Crippen MR) is 34.9 cm³/mol. The molecule has 1 saturated heterocycles. The number of amides is 2. The Hall–Kier alpha value is -1.24. The molecule has 4 nitrogen and oxygen atoms in total. The number of hydrogen-bond donors (Lipinski definition) is 1. The Morgan fingerprint density at radius 3 is 3.00 bits per heavy atom. The van der Waals surface area contributed by atoms with Crippen molar-refractivity contribution in [2.24, 2.45) is 0 Å². The van der Waals surface area contributed by atoms with E-state index >= 15 is 0 Å². The van der Waals surface area contributed by atoms with Crippen LogP contribution in [0.1, 0.15) is 13.3 Å². The molecule has 0 spiro atoms. The van der Waals surface area contributed by atoms with Gasteiger partial charge in [-0.1, -0.05) is 6.92 Å². The molecule has 4 heteroatoms. The van der Waals surface area contributed by atoms with Gasteiger partial charge in [-0.2, -0.15) is 5.26 Å². The predicted octanol–water partition coefficient (Wildman–Crippen LogP) is 0.271. The standard InChI is InChI=1S/C6H9N3O/c1-2-5-3-9(4-7)6(10)8-5/h5H,2-3H2,1H3,(H,8,10). The number of hydrogen-bond acceptors (Lipinski definition) is 2. The van der Waals surface area contributed by atoms with Gasteiger partial charge in [0.15, 0.2) is 6.19 Å². The van der Waals surface area contributed by atoms with E-state index < -0.39 is 0 Å². The molecule has 1 rings (SSSR count). The summed E-state index contributed by atoms with van der Waals surface area (Å²) in [6.07, 6.45) is 2.68. The van der Waals surface area contributed by atoms with Crippen molar-refractivity contribution in [1.29, 1.82) is 5.26 Å². The normalized spacial score (nSPS) is 24.2. The third kappa shape index (κ3) is 1.03. The van der Waals surface area contributed by atoms with E-state index in [4.69, 9.17) is 5.26 Å². The lowest BCUT2D eigenvalue weighted by atomic mass is 10.2. The molecule has 0 aromatic rings. The lowest BCUT2D eigenvalue weighted by Crippen LogP contribution is -2.26. The van der Waals surface area contributed by atoms with Crippen LogP contribution < -0.4 is 5.32 Å². The van der Waals surface area contributed by atoms with Crippen molar-refractivity contribution in [3.8, 4) is 6.19 Å². The molecule has 1 aliphatic rings. The second-order valence-corrected chi connectivity index (χ2v) is 2.27. The Morgan fingerprint density at radius 2 is 2.70 bits per heavy atom. The highest BCUT2D eigenvalue weighted by atomic mass is 16.2. The van der Waals surface area contributed by atoms with Crippen molar-refractivity contribution in [1.82, 2.24) is 10.2 Å². The smallest absolute Gasteiger partial charge is 0.330 e. The average molecular weight is 139 g/mol. The summed E-state index contributed by atoms with van der Waals surface area (Å²) in [6, 6.07) is -0.110. The molecule has 0 aliphatic carbocycles. The molecular formula is C6H9N3O. The fraction of sp³-hybridized carbons (Fsp3) is 0.667. The van der Waals surface area contributed by atoms with Gasteiger partial charge in [-0.15, -0.1) is 0 Å². The molecule has 1 fully saturated rings. The van der Waals surface area contributed by atoms with Crippen molar-refractivity contribution < 1.29 is 4.79 Å². The van der Waals surface area contributed by atoms with Gasteiger partial charge in [0, 0.05) is 6.04 Å². The number of nitriles is 1. The molecule has 2 amide bonds. The highest BCUT2D eigenvalue weighted by Gasteiger charge is 2.26. The van der Waals surface area contributed by atoms with Gasteiger partial charge in [0.1, 0.15) is 0 Å². The zero-order valence-electron chi connectivity index (χ0n) is 5.79. The van der Waals surface area contributed by atoms with Gasteiger partial charge in [0.2, 0.25) is 0 Å². The van der Waals surface area contributed by atoms with E-state index in [9.17, 15) is 4.79 Å². The van der Waals surface area contributed by atoms with Crippen LogP contribution in [0.15, 0.2) is 0 Å². The van der Waals surface area contributed by atoms with Gasteiger partial charge >= 0.3 is 6.03 Å². The Morgan fingerprint density at radius 1 is 2.00 bits per heavy atom. The number of nitrogens with zero attached hydrogens (tertiary/aromatic N) is 2. The molecule has 10 heavy (non-hydrogen) atoms. The average Bonchev–Trinajstić information content (AvgIpc) is 2.30. The van der Waals surface area contributed by atoms with E-state index in [1.54, 1.807) is 6.19 Å². The zero-order chi connectivity index (χ0) is 7.56. The Bertz CT molecular complexity index is 184. The van der Waals surface area contributed by atoms with Crippen LogP contribution in [0, 0.1) is 11.5 Å². The number of carbonyl (C=O) groups is 1. The monoisotopic (exact) mass is 139 g/mol. The topological polar surface area (TPSA) is 56.1 Å². The summed E-state index contributed by atoms with van der Waals surface area (Å²) in [6.45, 7) is 2.50. The van der Waals surface area contributed by atoms with E-state index in [2.05, 4.69) is 5.32 Å². The van der Waals surface area contributed by atoms with E-state index in [0.717, 1.165) is 11.3 Å². The molecule has 0 radical (unpaired) electrons. The third-order valence-electron chi connectivity index (χ3n) is 1.59. The summed E-state index contributed by atoms with van der Waals surface area (Å²) in [5.74, 6) is 0. The lowest BCUT2D eigenvalue weighted by molar-refractivity contribution is 0.232. The van der Waals surface area contributed by atoms with Crippen LogP contribution in [0.2, 0.25) is 0 Å². The minimum Gasteiger partial charge on any atom is -0.333 e. The highest BCUT2D eigenvalue weighted by molar-refractivity contribution is 5.78. The molecule has 0 saturated carbocycles. The van der Waals surface area contributed by atoms with E-state index in [-0.39, 0.29) is 12.1 Å². The molecule has 1 N–H and O–H groups in total. The first-order chi connectivity index (χ1) is 4.77. The van der Waals surface area contributed by atoms with Gasteiger partial charge in [-0.3, -0.25) is 0 Å². The Kier molecular flexibility index (Phi) is 1.76. The van der Waals surface area contributed by atoms with Crippen molar-refractivity contribution in [2.75, 3.05) is 6.54 Å². The zero-order valence-corrected chi connectivity index (χ0v) is 5.79. The molecular weight excluding hydrogens is 130 g/mol. The van der Waals surface area contributed by atoms with Crippen LogP contribution in [0.5, 0.6) is 0 Å². The summed E-state index contributed by atoms with van der Waals surface area (Å²) < 4.78 is 0.